The first-order valence-corrected chi connectivity index (χ1v) is 18.1. The third-order valence-corrected chi connectivity index (χ3v) is 9.11. The Labute approximate surface area is 275 Å². The van der Waals surface area contributed by atoms with Gasteiger partial charge >= 0.3 is 5.97 Å². The molecule has 0 unspecified atom stereocenters. The Bertz CT molecular complexity index is 1470. The minimum absolute atomic E-state index is 0.135. The summed E-state index contributed by atoms with van der Waals surface area (Å²) in [7, 11) is -2.58. The number of sulfonamides is 1. The van der Waals surface area contributed by atoms with Crippen molar-refractivity contribution in [1.82, 2.24) is 4.83 Å². The van der Waals surface area contributed by atoms with Crippen molar-refractivity contribution < 1.29 is 27.8 Å². The molecule has 0 fully saturated rings. The van der Waals surface area contributed by atoms with Gasteiger partial charge in [-0.3, -0.25) is 0 Å². The van der Waals surface area contributed by atoms with Gasteiger partial charge in [-0.25, -0.2) is 4.79 Å². The number of nitrogens with zero attached hydrogens (tertiary/aromatic N) is 1. The molecule has 0 aliphatic heterocycles. The van der Waals surface area contributed by atoms with Crippen molar-refractivity contribution in [2.75, 3.05) is 13.7 Å². The quantitative estimate of drug-likeness (QED) is 0.0602. The molecule has 0 heterocycles. The van der Waals surface area contributed by atoms with E-state index in [9.17, 15) is 18.3 Å². The van der Waals surface area contributed by atoms with Crippen LogP contribution in [-0.2, 0) is 10.0 Å². The molecule has 0 spiro atoms. The van der Waals surface area contributed by atoms with Gasteiger partial charge in [0.2, 0.25) is 0 Å². The average Bonchev–Trinajstić information content (AvgIpc) is 3.07. The molecular weight excluding hydrogens is 600 g/mol. The summed E-state index contributed by atoms with van der Waals surface area (Å²) in [5.41, 5.74) is 1.54. The number of carboxylic acids is 1. The van der Waals surface area contributed by atoms with E-state index < -0.39 is 16.0 Å². The summed E-state index contributed by atoms with van der Waals surface area (Å²) < 4.78 is 37.7. The number of ether oxygens (including phenoxy) is 2. The number of hydrogen-bond acceptors (Lipinski definition) is 6. The van der Waals surface area contributed by atoms with Gasteiger partial charge in [-0.2, -0.15) is 18.4 Å². The number of nitrogens with one attached hydrogen (secondary N) is 1. The molecule has 0 amide bonds. The number of hydrazone groups is 1. The zero-order chi connectivity index (χ0) is 33.0. The predicted molar refractivity (Wildman–Crippen MR) is 185 cm³/mol. The zero-order valence-corrected chi connectivity index (χ0v) is 28.2. The van der Waals surface area contributed by atoms with Crippen molar-refractivity contribution >= 4 is 21.7 Å². The Morgan fingerprint density at radius 1 is 0.696 bits per heavy atom. The molecule has 3 aromatic carbocycles. The largest absolute Gasteiger partial charge is 0.493 e. The van der Waals surface area contributed by atoms with Crippen LogP contribution in [0.5, 0.6) is 11.5 Å². The second kappa shape index (κ2) is 20.3. The second-order valence-electron chi connectivity index (χ2n) is 11.6. The molecule has 0 bridgehead atoms. The molecule has 250 valence electrons. The van der Waals surface area contributed by atoms with E-state index in [1.54, 1.807) is 19.2 Å². The molecule has 9 heteroatoms. The van der Waals surface area contributed by atoms with E-state index >= 15 is 0 Å². The zero-order valence-electron chi connectivity index (χ0n) is 27.4. The van der Waals surface area contributed by atoms with Gasteiger partial charge in [0.05, 0.1) is 29.9 Å². The highest BCUT2D eigenvalue weighted by molar-refractivity contribution is 7.89. The lowest BCUT2D eigenvalue weighted by atomic mass is 10.0. The van der Waals surface area contributed by atoms with Crippen molar-refractivity contribution in [3.05, 3.63) is 89.5 Å². The standard InChI is InChI=1S/C37H50N2O6S/c1-3-4-5-6-7-8-9-10-11-12-13-14-15-19-27-45-34-26-25-31(29-35(34)44-2)36(30-21-17-16-18-22-30)38-39-46(42,43)33-24-20-23-32(28-33)37(40)41/h16-18,20-26,28-29,39H,3-15,19,27H2,1-2H3,(H,40,41)/b38-36+. The molecule has 8 nitrogen and oxygen atoms in total. The van der Waals surface area contributed by atoms with Gasteiger partial charge < -0.3 is 14.6 Å². The Balaban J connectivity index is 1.53. The van der Waals surface area contributed by atoms with Crippen LogP contribution in [0.25, 0.3) is 0 Å². The van der Waals surface area contributed by atoms with E-state index in [1.807, 2.05) is 36.4 Å². The van der Waals surface area contributed by atoms with Gasteiger partial charge in [0, 0.05) is 11.1 Å². The Kier molecular flexibility index (Phi) is 16.2. The number of carboxylic acid groups (broad SMARTS) is 1. The highest BCUT2D eigenvalue weighted by atomic mass is 32.2. The summed E-state index contributed by atoms with van der Waals surface area (Å²) >= 11 is 0. The van der Waals surface area contributed by atoms with E-state index in [0.717, 1.165) is 18.9 Å². The Morgan fingerprint density at radius 2 is 1.28 bits per heavy atom. The Hall–Kier alpha value is -3.85. The third kappa shape index (κ3) is 12.5. The van der Waals surface area contributed by atoms with Crippen LogP contribution in [0, 0.1) is 0 Å². The maximum absolute atomic E-state index is 13.0. The summed E-state index contributed by atoms with van der Waals surface area (Å²) in [6.45, 7) is 2.85. The van der Waals surface area contributed by atoms with Crippen molar-refractivity contribution in [3.63, 3.8) is 0 Å². The number of hydrogen-bond donors (Lipinski definition) is 2. The molecule has 3 aromatic rings. The van der Waals surface area contributed by atoms with Crippen LogP contribution in [0.2, 0.25) is 0 Å². The van der Waals surface area contributed by atoms with E-state index in [-0.39, 0.29) is 10.5 Å². The van der Waals surface area contributed by atoms with Gasteiger partial charge in [0.1, 0.15) is 0 Å². The summed E-state index contributed by atoms with van der Waals surface area (Å²) in [5.74, 6) is -0.0905. The summed E-state index contributed by atoms with van der Waals surface area (Å²) in [6.07, 6.45) is 18.2. The monoisotopic (exact) mass is 650 g/mol. The minimum atomic E-state index is -4.14. The van der Waals surface area contributed by atoms with Crippen molar-refractivity contribution in [2.24, 2.45) is 5.10 Å². The van der Waals surface area contributed by atoms with E-state index in [1.165, 1.54) is 95.2 Å². The molecule has 46 heavy (non-hydrogen) atoms. The smallest absolute Gasteiger partial charge is 0.335 e. The molecule has 0 atom stereocenters. The summed E-state index contributed by atoms with van der Waals surface area (Å²) in [5, 5.41) is 13.5. The number of aromatic carboxylic acids is 1. The second-order valence-corrected chi connectivity index (χ2v) is 13.2. The number of benzene rings is 3. The van der Waals surface area contributed by atoms with Gasteiger partial charge in [-0.05, 0) is 42.8 Å². The van der Waals surface area contributed by atoms with Gasteiger partial charge in [-0.15, -0.1) is 0 Å². The first-order chi connectivity index (χ1) is 22.4. The van der Waals surface area contributed by atoms with Gasteiger partial charge in [-0.1, -0.05) is 127 Å². The van der Waals surface area contributed by atoms with Crippen molar-refractivity contribution in [2.45, 2.75) is 102 Å². The van der Waals surface area contributed by atoms with E-state index in [0.29, 0.717) is 34.9 Å². The van der Waals surface area contributed by atoms with Crippen LogP contribution in [0.1, 0.15) is 118 Å². The summed E-state index contributed by atoms with van der Waals surface area (Å²) in [6, 6.07) is 19.7. The number of methoxy groups -OCH3 is 1. The lowest BCUT2D eigenvalue weighted by molar-refractivity contribution is 0.0696. The molecule has 0 radical (unpaired) electrons. The first kappa shape index (κ1) is 36.6. The SMILES string of the molecule is CCCCCCCCCCCCCCCCOc1ccc(/C(=N/NS(=O)(=O)c2cccc(C(=O)O)c2)c2ccccc2)cc1OC. The molecule has 0 saturated carbocycles. The topological polar surface area (TPSA) is 114 Å². The van der Waals surface area contributed by atoms with Gasteiger partial charge in [0.25, 0.3) is 10.0 Å². The molecule has 2 N–H and O–H groups in total. The predicted octanol–water partition coefficient (Wildman–Crippen LogP) is 8.98. The number of rotatable bonds is 23. The van der Waals surface area contributed by atoms with Crippen LogP contribution in [0.15, 0.2) is 82.8 Å². The molecule has 0 aromatic heterocycles. The maximum Gasteiger partial charge on any atom is 0.335 e. The fourth-order valence-electron chi connectivity index (χ4n) is 5.26. The van der Waals surface area contributed by atoms with Gasteiger partial charge in [0.15, 0.2) is 11.5 Å². The van der Waals surface area contributed by atoms with Crippen molar-refractivity contribution in [3.8, 4) is 11.5 Å². The van der Waals surface area contributed by atoms with Crippen molar-refractivity contribution in [1.29, 1.82) is 0 Å². The van der Waals surface area contributed by atoms with Crippen LogP contribution in [0.4, 0.5) is 0 Å². The molecule has 0 aliphatic carbocycles. The number of carbonyl (C=O) groups is 1. The fraction of sp³-hybridized carbons (Fsp3) is 0.459. The number of unbranched alkanes of at least 4 members (excludes halogenated alkanes) is 13. The lowest BCUT2D eigenvalue weighted by Crippen LogP contribution is -2.21. The molecular formula is C37H50N2O6S. The fourth-order valence-corrected chi connectivity index (χ4v) is 6.12. The third-order valence-electron chi connectivity index (χ3n) is 7.91. The maximum atomic E-state index is 13.0. The highest BCUT2D eigenvalue weighted by Crippen LogP contribution is 2.30. The molecule has 3 rings (SSSR count). The van der Waals surface area contributed by atoms with Crippen LogP contribution >= 0.6 is 0 Å². The van der Waals surface area contributed by atoms with E-state index in [2.05, 4.69) is 16.9 Å². The lowest BCUT2D eigenvalue weighted by Gasteiger charge is -2.14. The van der Waals surface area contributed by atoms with Crippen LogP contribution < -0.4 is 14.3 Å². The minimum Gasteiger partial charge on any atom is -0.493 e. The molecule has 0 saturated heterocycles. The highest BCUT2D eigenvalue weighted by Gasteiger charge is 2.18. The first-order valence-electron chi connectivity index (χ1n) is 16.6. The molecule has 0 aliphatic rings. The van der Waals surface area contributed by atoms with Crippen LogP contribution in [-0.4, -0.2) is 38.9 Å². The Morgan fingerprint density at radius 3 is 1.87 bits per heavy atom. The normalized spacial score (nSPS) is 11.7. The summed E-state index contributed by atoms with van der Waals surface area (Å²) in [4.78, 5) is 13.4. The average molecular weight is 651 g/mol. The van der Waals surface area contributed by atoms with E-state index in [4.69, 9.17) is 9.47 Å². The van der Waals surface area contributed by atoms with Crippen LogP contribution in [0.3, 0.4) is 0 Å².